The van der Waals surface area contributed by atoms with Gasteiger partial charge in [-0.2, -0.15) is 0 Å². The third-order valence-corrected chi connectivity index (χ3v) is 2.25. The SMILES string of the molecule is CC(=O)c1cnc(/N=C/N(C)C)s1. The van der Waals surface area contributed by atoms with Crippen LogP contribution in [0.4, 0.5) is 5.13 Å². The topological polar surface area (TPSA) is 45.6 Å². The zero-order chi connectivity index (χ0) is 9.84. The molecule has 1 heterocycles. The Morgan fingerprint density at radius 1 is 1.69 bits per heavy atom. The maximum atomic E-state index is 10.9. The summed E-state index contributed by atoms with van der Waals surface area (Å²) in [6.45, 7) is 1.52. The van der Waals surface area contributed by atoms with Gasteiger partial charge in [0, 0.05) is 21.0 Å². The van der Waals surface area contributed by atoms with Gasteiger partial charge in [0.15, 0.2) is 5.78 Å². The summed E-state index contributed by atoms with van der Waals surface area (Å²) in [6.07, 6.45) is 3.21. The molecule has 1 aromatic rings. The molecule has 0 atom stereocenters. The fourth-order valence-electron chi connectivity index (χ4n) is 0.652. The van der Waals surface area contributed by atoms with E-state index in [0.717, 1.165) is 0 Å². The summed E-state index contributed by atoms with van der Waals surface area (Å²) in [4.78, 5) is 21.4. The number of hydrogen-bond acceptors (Lipinski definition) is 4. The van der Waals surface area contributed by atoms with Crippen LogP contribution in [0, 0.1) is 0 Å². The van der Waals surface area contributed by atoms with Crippen molar-refractivity contribution in [3.63, 3.8) is 0 Å². The standard InChI is InChI=1S/C8H11N3OS/c1-6(12)7-4-9-8(13-7)10-5-11(2)3/h4-5H,1-3H3/b10-5+. The van der Waals surface area contributed by atoms with Gasteiger partial charge in [-0.1, -0.05) is 11.3 Å². The average Bonchev–Trinajstić information content (AvgIpc) is 2.48. The molecule has 0 aromatic carbocycles. The van der Waals surface area contributed by atoms with Crippen LogP contribution in [0.25, 0.3) is 0 Å². The van der Waals surface area contributed by atoms with Gasteiger partial charge < -0.3 is 4.90 Å². The Kier molecular flexibility index (Phi) is 3.13. The molecule has 0 N–H and O–H groups in total. The van der Waals surface area contributed by atoms with Crippen LogP contribution in [-0.4, -0.2) is 36.1 Å². The third-order valence-electron chi connectivity index (χ3n) is 1.24. The zero-order valence-electron chi connectivity index (χ0n) is 7.81. The predicted molar refractivity (Wildman–Crippen MR) is 54.0 cm³/mol. The van der Waals surface area contributed by atoms with Crippen LogP contribution < -0.4 is 0 Å². The van der Waals surface area contributed by atoms with E-state index >= 15 is 0 Å². The van der Waals surface area contributed by atoms with Gasteiger partial charge in [-0.15, -0.1) is 0 Å². The third kappa shape index (κ3) is 2.95. The van der Waals surface area contributed by atoms with E-state index in [1.54, 1.807) is 12.5 Å². The number of Topliss-reactive ketones (excluding diaryl/α,β-unsaturated/α-hetero) is 1. The van der Waals surface area contributed by atoms with Crippen molar-refractivity contribution >= 4 is 28.6 Å². The van der Waals surface area contributed by atoms with Crippen molar-refractivity contribution in [2.45, 2.75) is 6.92 Å². The van der Waals surface area contributed by atoms with Crippen LogP contribution in [0.15, 0.2) is 11.2 Å². The zero-order valence-corrected chi connectivity index (χ0v) is 8.63. The minimum Gasteiger partial charge on any atom is -0.369 e. The molecule has 0 radical (unpaired) electrons. The number of carbonyl (C=O) groups is 1. The average molecular weight is 197 g/mol. The molecule has 0 saturated heterocycles. The Bertz CT molecular complexity index is 330. The number of thiazole rings is 1. The van der Waals surface area contributed by atoms with E-state index in [0.29, 0.717) is 10.0 Å². The van der Waals surface area contributed by atoms with E-state index in [-0.39, 0.29) is 5.78 Å². The van der Waals surface area contributed by atoms with E-state index in [2.05, 4.69) is 9.98 Å². The van der Waals surface area contributed by atoms with Gasteiger partial charge in [0.25, 0.3) is 0 Å². The summed E-state index contributed by atoms with van der Waals surface area (Å²) >= 11 is 1.30. The molecular formula is C8H11N3OS. The highest BCUT2D eigenvalue weighted by molar-refractivity contribution is 7.17. The number of aliphatic imine (C=N–C) groups is 1. The second-order valence-electron chi connectivity index (χ2n) is 2.77. The Morgan fingerprint density at radius 3 is 2.85 bits per heavy atom. The molecule has 0 aliphatic rings. The number of rotatable bonds is 3. The fourth-order valence-corrected chi connectivity index (χ4v) is 1.30. The van der Waals surface area contributed by atoms with Crippen molar-refractivity contribution in [2.24, 2.45) is 4.99 Å². The van der Waals surface area contributed by atoms with Crippen molar-refractivity contribution in [3.8, 4) is 0 Å². The molecule has 1 rings (SSSR count). The molecule has 0 aliphatic heterocycles. The summed E-state index contributed by atoms with van der Waals surface area (Å²) < 4.78 is 0. The Balaban J connectivity index is 2.75. The van der Waals surface area contributed by atoms with Gasteiger partial charge in [-0.3, -0.25) is 4.79 Å². The highest BCUT2D eigenvalue weighted by atomic mass is 32.1. The molecule has 0 bridgehead atoms. The van der Waals surface area contributed by atoms with Crippen molar-refractivity contribution < 1.29 is 4.79 Å². The molecule has 4 nitrogen and oxygen atoms in total. The van der Waals surface area contributed by atoms with Crippen LogP contribution >= 0.6 is 11.3 Å². The van der Waals surface area contributed by atoms with E-state index in [9.17, 15) is 4.79 Å². The summed E-state index contributed by atoms with van der Waals surface area (Å²) in [7, 11) is 3.76. The molecule has 1 aromatic heterocycles. The monoisotopic (exact) mass is 197 g/mol. The highest BCUT2D eigenvalue weighted by Crippen LogP contribution is 2.20. The van der Waals surface area contributed by atoms with Crippen molar-refractivity contribution in [1.82, 2.24) is 9.88 Å². The van der Waals surface area contributed by atoms with E-state index in [1.807, 2.05) is 19.0 Å². The van der Waals surface area contributed by atoms with Crippen molar-refractivity contribution in [3.05, 3.63) is 11.1 Å². The molecule has 13 heavy (non-hydrogen) atoms. The van der Waals surface area contributed by atoms with Gasteiger partial charge >= 0.3 is 0 Å². The molecular weight excluding hydrogens is 186 g/mol. The molecule has 0 amide bonds. The number of ketones is 1. The van der Waals surface area contributed by atoms with Gasteiger partial charge in [0.05, 0.1) is 17.4 Å². The second-order valence-corrected chi connectivity index (χ2v) is 3.78. The van der Waals surface area contributed by atoms with Crippen LogP contribution in [0.3, 0.4) is 0 Å². The number of nitrogens with zero attached hydrogens (tertiary/aromatic N) is 3. The van der Waals surface area contributed by atoms with Crippen LogP contribution in [-0.2, 0) is 0 Å². The van der Waals surface area contributed by atoms with Crippen LogP contribution in [0.5, 0.6) is 0 Å². The molecule has 0 unspecified atom stereocenters. The fraction of sp³-hybridized carbons (Fsp3) is 0.375. The smallest absolute Gasteiger partial charge is 0.211 e. The number of aromatic nitrogens is 1. The Hall–Kier alpha value is -1.23. The van der Waals surface area contributed by atoms with E-state index in [1.165, 1.54) is 18.3 Å². The molecule has 0 spiro atoms. The first-order chi connectivity index (χ1) is 6.09. The van der Waals surface area contributed by atoms with E-state index < -0.39 is 0 Å². The Labute approximate surface area is 80.9 Å². The number of carbonyl (C=O) groups excluding carboxylic acids is 1. The van der Waals surface area contributed by atoms with E-state index in [4.69, 9.17) is 0 Å². The lowest BCUT2D eigenvalue weighted by Gasteiger charge is -1.99. The van der Waals surface area contributed by atoms with Crippen LogP contribution in [0.2, 0.25) is 0 Å². The summed E-state index contributed by atoms with van der Waals surface area (Å²) in [6, 6.07) is 0. The molecule has 0 aliphatic carbocycles. The van der Waals surface area contributed by atoms with Crippen molar-refractivity contribution in [2.75, 3.05) is 14.1 Å². The molecule has 5 heteroatoms. The lowest BCUT2D eigenvalue weighted by Crippen LogP contribution is -2.06. The second kappa shape index (κ2) is 4.13. The summed E-state index contributed by atoms with van der Waals surface area (Å²) in [5, 5.41) is 0.610. The minimum atomic E-state index is 0.0313. The maximum absolute atomic E-state index is 10.9. The lowest BCUT2D eigenvalue weighted by atomic mass is 10.4. The minimum absolute atomic E-state index is 0.0313. The molecule has 0 fully saturated rings. The van der Waals surface area contributed by atoms with Gasteiger partial charge in [0.1, 0.15) is 0 Å². The van der Waals surface area contributed by atoms with Gasteiger partial charge in [0.2, 0.25) is 5.13 Å². The largest absolute Gasteiger partial charge is 0.369 e. The first-order valence-electron chi connectivity index (χ1n) is 3.77. The summed E-state index contributed by atoms with van der Waals surface area (Å²) in [5.41, 5.74) is 0. The van der Waals surface area contributed by atoms with Gasteiger partial charge in [-0.05, 0) is 0 Å². The highest BCUT2D eigenvalue weighted by Gasteiger charge is 2.03. The first-order valence-corrected chi connectivity index (χ1v) is 4.58. The first kappa shape index (κ1) is 9.85. The number of hydrogen-bond donors (Lipinski definition) is 0. The van der Waals surface area contributed by atoms with Crippen molar-refractivity contribution in [1.29, 1.82) is 0 Å². The predicted octanol–water partition coefficient (Wildman–Crippen LogP) is 1.57. The molecule has 0 saturated carbocycles. The maximum Gasteiger partial charge on any atom is 0.211 e. The molecule has 70 valence electrons. The quantitative estimate of drug-likeness (QED) is 0.420. The lowest BCUT2D eigenvalue weighted by molar-refractivity contribution is 0.102. The summed E-state index contributed by atoms with van der Waals surface area (Å²) in [5.74, 6) is 0.0313. The van der Waals surface area contributed by atoms with Crippen LogP contribution in [0.1, 0.15) is 16.6 Å². The van der Waals surface area contributed by atoms with Gasteiger partial charge in [-0.25, -0.2) is 9.98 Å². The normalized spacial score (nSPS) is 10.7. The Morgan fingerprint density at radius 2 is 2.38 bits per heavy atom.